The van der Waals surface area contributed by atoms with Gasteiger partial charge >= 0.3 is 236 Å². The second-order valence-corrected chi connectivity index (χ2v) is 17.0. The molecule has 0 amide bonds. The van der Waals surface area contributed by atoms with Crippen molar-refractivity contribution in [2.75, 3.05) is 0 Å². The summed E-state index contributed by atoms with van der Waals surface area (Å²) < 4.78 is 5.05. The van der Waals surface area contributed by atoms with Crippen LogP contribution in [0.5, 0.6) is 0 Å². The molecular formula is C37H34Cl2Zr. The predicted octanol–water partition coefficient (Wildman–Crippen LogP) is 2.57. The standard InChI is InChI=1S/C13H9.C13H10.C11H15.2ClH.Zr/c1-3-7-12-10(5-1)9-11-6-2-4-8-13(11)12;1-3-7-12(8-4-1)11-13-9-5-2-6-10-13;1-2-6-10(7-3-1)11-8-4-5-9-11;;;/h1-5,7-8H,9H2;1-10H;8-10H,1-4,6-7H2;2*1H;/q;;;;;+2/p-2. The van der Waals surface area contributed by atoms with E-state index in [1.54, 1.807) is 20.9 Å². The molecule has 3 aliphatic carbocycles. The molecule has 0 saturated heterocycles. The van der Waals surface area contributed by atoms with Crippen LogP contribution in [0.3, 0.4) is 0 Å². The summed E-state index contributed by atoms with van der Waals surface area (Å²) in [5.41, 5.74) is 10.5. The maximum atomic E-state index is 2.69. The van der Waals surface area contributed by atoms with E-state index in [1.807, 2.05) is 0 Å². The van der Waals surface area contributed by atoms with Crippen molar-refractivity contribution in [3.05, 3.63) is 146 Å². The topological polar surface area (TPSA) is 0 Å². The molecule has 0 aliphatic heterocycles. The fourth-order valence-corrected chi connectivity index (χ4v) is 15.0. The molecule has 0 aromatic heterocycles. The quantitative estimate of drug-likeness (QED) is 0.277. The van der Waals surface area contributed by atoms with Crippen LogP contribution in [-0.2, 0) is 27.7 Å². The second kappa shape index (κ2) is 13.1. The zero-order chi connectivity index (χ0) is 25.3. The van der Waals surface area contributed by atoms with E-state index in [0.29, 0.717) is 0 Å². The van der Waals surface area contributed by atoms with Crippen molar-refractivity contribution in [2.24, 2.45) is 5.92 Å². The van der Waals surface area contributed by atoms with E-state index in [2.05, 4.69) is 115 Å². The molecule has 0 heterocycles. The molecule has 0 bridgehead atoms. The summed E-state index contributed by atoms with van der Waals surface area (Å²) in [5, 5.41) is 0. The molecule has 0 nitrogen and oxygen atoms in total. The molecule has 0 spiro atoms. The van der Waals surface area contributed by atoms with Crippen molar-refractivity contribution in [1.29, 1.82) is 0 Å². The van der Waals surface area contributed by atoms with Gasteiger partial charge in [-0.15, -0.1) is 0 Å². The van der Waals surface area contributed by atoms with Crippen LogP contribution >= 0.6 is 0 Å². The fourth-order valence-electron chi connectivity index (χ4n) is 6.97. The molecule has 7 rings (SSSR count). The fraction of sp³-hybridized carbons (Fsp3) is 0.216. The first kappa shape index (κ1) is 29.2. The molecular weight excluding hydrogens is 607 g/mol. The Hall–Kier alpha value is -2.31. The second-order valence-electron chi connectivity index (χ2n) is 11.1. The van der Waals surface area contributed by atoms with Gasteiger partial charge < -0.3 is 24.8 Å². The molecule has 0 radical (unpaired) electrons. The van der Waals surface area contributed by atoms with Gasteiger partial charge in [-0.3, -0.25) is 0 Å². The van der Waals surface area contributed by atoms with Crippen molar-refractivity contribution < 1.29 is 46.1 Å². The molecule has 1 fully saturated rings. The summed E-state index contributed by atoms with van der Waals surface area (Å²) in [5.74, 6) is 0.772. The Labute approximate surface area is 259 Å². The Balaban J connectivity index is 0.00000161. The van der Waals surface area contributed by atoms with Crippen LogP contribution in [0.15, 0.2) is 124 Å². The van der Waals surface area contributed by atoms with Crippen LogP contribution in [0, 0.1) is 5.92 Å². The van der Waals surface area contributed by atoms with Gasteiger partial charge in [-0.05, 0) is 0 Å². The van der Waals surface area contributed by atoms with Gasteiger partial charge in [-0.2, -0.15) is 0 Å². The van der Waals surface area contributed by atoms with Crippen molar-refractivity contribution in [1.82, 2.24) is 0 Å². The summed E-state index contributed by atoms with van der Waals surface area (Å²) in [6.07, 6.45) is 14.5. The van der Waals surface area contributed by atoms with Gasteiger partial charge in [-0.1, -0.05) is 0 Å². The van der Waals surface area contributed by atoms with Crippen LogP contribution in [0.2, 0.25) is 0 Å². The van der Waals surface area contributed by atoms with Crippen LogP contribution in [-0.4, -0.2) is 3.21 Å². The van der Waals surface area contributed by atoms with E-state index in [0.717, 1.165) is 18.8 Å². The Morgan fingerprint density at radius 1 is 0.625 bits per heavy atom. The van der Waals surface area contributed by atoms with Gasteiger partial charge in [0.15, 0.2) is 0 Å². The summed E-state index contributed by atoms with van der Waals surface area (Å²) in [6, 6.07) is 38.9. The van der Waals surface area contributed by atoms with E-state index in [1.165, 1.54) is 59.9 Å². The van der Waals surface area contributed by atoms with Crippen molar-refractivity contribution in [2.45, 2.75) is 44.9 Å². The Kier molecular flexibility index (Phi) is 9.58. The largest absolute Gasteiger partial charge is 1.00 e. The molecule has 0 N–H and O–H groups in total. The first-order valence-corrected chi connectivity index (χ1v) is 18.0. The van der Waals surface area contributed by atoms with Crippen molar-refractivity contribution in [3.8, 4) is 11.1 Å². The molecule has 0 atom stereocenters. The molecule has 40 heavy (non-hydrogen) atoms. The molecule has 4 aromatic rings. The number of hydrogen-bond acceptors (Lipinski definition) is 0. The summed E-state index contributed by atoms with van der Waals surface area (Å²) in [4.78, 5) is 0. The zero-order valence-electron chi connectivity index (χ0n) is 22.8. The minimum absolute atomic E-state index is 0. The third-order valence-electron chi connectivity index (χ3n) is 8.79. The normalized spacial score (nSPS) is 15.4. The molecule has 3 aliphatic rings. The molecule has 3 heteroatoms. The first-order valence-electron chi connectivity index (χ1n) is 14.3. The van der Waals surface area contributed by atoms with Gasteiger partial charge in [-0.25, -0.2) is 0 Å². The number of rotatable bonds is 5. The Bertz CT molecular complexity index is 1530. The SMILES string of the molecule is C1=C(C2CCCCC2)C=[C]([Zr+2](=[C](c2ccccc2)c2ccccc2)[c]2cccc3c2Cc2ccccc2-3)C1.[Cl-].[Cl-]. The Morgan fingerprint density at radius 2 is 1.25 bits per heavy atom. The predicted molar refractivity (Wildman–Crippen MR) is 158 cm³/mol. The summed E-state index contributed by atoms with van der Waals surface area (Å²) in [6.45, 7) is 0. The maximum absolute atomic E-state index is 2.69. The minimum Gasteiger partial charge on any atom is -1.00 e. The molecule has 200 valence electrons. The van der Waals surface area contributed by atoms with E-state index in [4.69, 9.17) is 0 Å². The van der Waals surface area contributed by atoms with Gasteiger partial charge in [0.05, 0.1) is 0 Å². The summed E-state index contributed by atoms with van der Waals surface area (Å²) in [7, 11) is 0. The smallest absolute Gasteiger partial charge is 1.00 e. The molecule has 4 aromatic carbocycles. The first-order chi connectivity index (χ1) is 18.9. The number of allylic oxidation sites excluding steroid dienone is 4. The minimum atomic E-state index is -2.58. The van der Waals surface area contributed by atoms with E-state index >= 15 is 0 Å². The molecule has 0 unspecified atom stereocenters. The average Bonchev–Trinajstić information content (AvgIpc) is 3.63. The number of halogens is 2. The maximum Gasteiger partial charge on any atom is -1.00 e. The summed E-state index contributed by atoms with van der Waals surface area (Å²) >= 11 is -2.58. The van der Waals surface area contributed by atoms with Crippen molar-refractivity contribution >= 4 is 6.48 Å². The molecule has 1 saturated carbocycles. The van der Waals surface area contributed by atoms with E-state index in [-0.39, 0.29) is 24.8 Å². The third-order valence-corrected chi connectivity index (χ3v) is 16.4. The van der Waals surface area contributed by atoms with Gasteiger partial charge in [0.25, 0.3) is 0 Å². The van der Waals surface area contributed by atoms with Crippen LogP contribution < -0.4 is 28.1 Å². The van der Waals surface area contributed by atoms with Crippen LogP contribution in [0.1, 0.15) is 60.8 Å². The van der Waals surface area contributed by atoms with Crippen molar-refractivity contribution in [3.63, 3.8) is 0 Å². The van der Waals surface area contributed by atoms with Crippen LogP contribution in [0.4, 0.5) is 0 Å². The number of fused-ring (bicyclic) bond motifs is 3. The number of benzene rings is 4. The van der Waals surface area contributed by atoms with Gasteiger partial charge in [0, 0.05) is 0 Å². The van der Waals surface area contributed by atoms with E-state index < -0.39 is 21.3 Å². The van der Waals surface area contributed by atoms with Gasteiger partial charge in [0.2, 0.25) is 0 Å². The number of hydrogen-bond donors (Lipinski definition) is 0. The van der Waals surface area contributed by atoms with Crippen LogP contribution in [0.25, 0.3) is 11.1 Å². The monoisotopic (exact) mass is 638 g/mol. The average molecular weight is 641 g/mol. The van der Waals surface area contributed by atoms with Gasteiger partial charge in [0.1, 0.15) is 0 Å². The zero-order valence-corrected chi connectivity index (χ0v) is 26.7. The van der Waals surface area contributed by atoms with E-state index in [9.17, 15) is 0 Å². The Morgan fingerprint density at radius 3 is 1.95 bits per heavy atom. The third kappa shape index (κ3) is 5.59.